The first-order chi connectivity index (χ1) is 6.56. The van der Waals surface area contributed by atoms with E-state index in [0.29, 0.717) is 5.56 Å². The van der Waals surface area contributed by atoms with E-state index < -0.39 is 11.9 Å². The molecule has 4 nitrogen and oxygen atoms in total. The van der Waals surface area contributed by atoms with Crippen molar-refractivity contribution in [2.75, 3.05) is 7.11 Å². The van der Waals surface area contributed by atoms with Crippen LogP contribution in [0.4, 0.5) is 0 Å². The molecule has 4 heteroatoms. The summed E-state index contributed by atoms with van der Waals surface area (Å²) in [6.07, 6.45) is 0. The van der Waals surface area contributed by atoms with E-state index in [1.807, 2.05) is 0 Å². The van der Waals surface area contributed by atoms with Crippen molar-refractivity contribution >= 4 is 11.9 Å². The highest BCUT2D eigenvalue weighted by atomic mass is 16.5. The van der Waals surface area contributed by atoms with Crippen LogP contribution >= 0.6 is 0 Å². The van der Waals surface area contributed by atoms with Crippen molar-refractivity contribution in [3.63, 3.8) is 0 Å². The standard InChI is InChI=1S/C10H10O4/c1-6-3-4-7(9(11)12)5-8(6)10(13)14-2/h3-5H,1-2H3,(H,11,12)/p-1. The maximum atomic E-state index is 11.2. The van der Waals surface area contributed by atoms with Crippen LogP contribution in [0.1, 0.15) is 26.3 Å². The molecule has 1 aromatic carbocycles. The quantitative estimate of drug-likeness (QED) is 0.627. The van der Waals surface area contributed by atoms with Gasteiger partial charge in [-0.05, 0) is 24.1 Å². The molecule has 0 aromatic heterocycles. The van der Waals surface area contributed by atoms with Gasteiger partial charge in [-0.1, -0.05) is 12.1 Å². The Morgan fingerprint density at radius 2 is 2.00 bits per heavy atom. The fraction of sp³-hybridized carbons (Fsp3) is 0.200. The van der Waals surface area contributed by atoms with E-state index in [2.05, 4.69) is 4.74 Å². The Balaban J connectivity index is 3.21. The molecule has 0 amide bonds. The number of carboxylic acid groups (broad SMARTS) is 1. The smallest absolute Gasteiger partial charge is 0.338 e. The van der Waals surface area contributed by atoms with E-state index in [4.69, 9.17) is 0 Å². The minimum Gasteiger partial charge on any atom is -0.545 e. The summed E-state index contributed by atoms with van der Waals surface area (Å²) in [4.78, 5) is 21.7. The van der Waals surface area contributed by atoms with E-state index in [-0.39, 0.29) is 11.1 Å². The predicted molar refractivity (Wildman–Crippen MR) is 46.8 cm³/mol. The summed E-state index contributed by atoms with van der Waals surface area (Å²) in [6, 6.07) is 4.17. The van der Waals surface area contributed by atoms with Gasteiger partial charge in [-0.2, -0.15) is 0 Å². The Kier molecular flexibility index (Phi) is 2.86. The molecule has 0 radical (unpaired) electrons. The van der Waals surface area contributed by atoms with Crippen LogP contribution in [0.5, 0.6) is 0 Å². The molecule has 0 heterocycles. The highest BCUT2D eigenvalue weighted by Crippen LogP contribution is 2.11. The van der Waals surface area contributed by atoms with Crippen LogP contribution in [-0.2, 0) is 4.74 Å². The molecule has 74 valence electrons. The number of carbonyl (C=O) groups excluding carboxylic acids is 2. The fourth-order valence-corrected chi connectivity index (χ4v) is 1.08. The summed E-state index contributed by atoms with van der Waals surface area (Å²) >= 11 is 0. The lowest BCUT2D eigenvalue weighted by atomic mass is 10.1. The monoisotopic (exact) mass is 193 g/mol. The normalized spacial score (nSPS) is 9.57. The van der Waals surface area contributed by atoms with Crippen LogP contribution in [0.2, 0.25) is 0 Å². The van der Waals surface area contributed by atoms with Gasteiger partial charge in [0.1, 0.15) is 0 Å². The number of esters is 1. The van der Waals surface area contributed by atoms with Gasteiger partial charge in [-0.25, -0.2) is 4.79 Å². The van der Waals surface area contributed by atoms with Gasteiger partial charge >= 0.3 is 5.97 Å². The van der Waals surface area contributed by atoms with Crippen molar-refractivity contribution < 1.29 is 19.4 Å². The summed E-state index contributed by atoms with van der Waals surface area (Å²) in [5.41, 5.74) is 0.882. The second-order valence-corrected chi connectivity index (χ2v) is 2.81. The lowest BCUT2D eigenvalue weighted by Gasteiger charge is -2.07. The Morgan fingerprint density at radius 3 is 2.50 bits per heavy atom. The minimum absolute atomic E-state index is 0.0315. The van der Waals surface area contributed by atoms with E-state index >= 15 is 0 Å². The lowest BCUT2D eigenvalue weighted by Crippen LogP contribution is -2.22. The molecule has 0 aliphatic rings. The number of carbonyl (C=O) groups is 2. The third-order valence-electron chi connectivity index (χ3n) is 1.88. The molecule has 0 atom stereocenters. The number of benzene rings is 1. The van der Waals surface area contributed by atoms with Gasteiger partial charge < -0.3 is 14.6 Å². The number of aryl methyl sites for hydroxylation is 1. The maximum Gasteiger partial charge on any atom is 0.338 e. The van der Waals surface area contributed by atoms with Gasteiger partial charge in [-0.15, -0.1) is 0 Å². The maximum absolute atomic E-state index is 11.2. The van der Waals surface area contributed by atoms with E-state index in [0.717, 1.165) is 0 Å². The van der Waals surface area contributed by atoms with E-state index in [1.165, 1.54) is 25.3 Å². The zero-order valence-corrected chi connectivity index (χ0v) is 7.87. The molecule has 0 aliphatic carbocycles. The van der Waals surface area contributed by atoms with E-state index in [9.17, 15) is 14.7 Å². The van der Waals surface area contributed by atoms with Crippen molar-refractivity contribution in [3.8, 4) is 0 Å². The Bertz CT molecular complexity index is 382. The Hall–Kier alpha value is -1.84. The molecular formula is C10H9O4-. The number of hydrogen-bond acceptors (Lipinski definition) is 4. The number of aromatic carboxylic acids is 1. The third-order valence-corrected chi connectivity index (χ3v) is 1.88. The van der Waals surface area contributed by atoms with Crippen molar-refractivity contribution in [2.24, 2.45) is 0 Å². The zero-order chi connectivity index (χ0) is 10.7. The predicted octanol–water partition coefficient (Wildman–Crippen LogP) is 0.145. The van der Waals surface area contributed by atoms with Gasteiger partial charge in [0.2, 0.25) is 0 Å². The molecule has 1 aromatic rings. The molecule has 0 saturated heterocycles. The van der Waals surface area contributed by atoms with Crippen LogP contribution in [0, 0.1) is 6.92 Å². The molecule has 0 bridgehead atoms. The molecule has 14 heavy (non-hydrogen) atoms. The first-order valence-corrected chi connectivity index (χ1v) is 3.96. The molecule has 1 rings (SSSR count). The van der Waals surface area contributed by atoms with Gasteiger partial charge in [-0.3, -0.25) is 0 Å². The van der Waals surface area contributed by atoms with Crippen LogP contribution in [0.25, 0.3) is 0 Å². The number of carboxylic acids is 1. The topological polar surface area (TPSA) is 66.4 Å². The average molecular weight is 193 g/mol. The van der Waals surface area contributed by atoms with Crippen molar-refractivity contribution in [2.45, 2.75) is 6.92 Å². The average Bonchev–Trinajstić information content (AvgIpc) is 2.17. The van der Waals surface area contributed by atoms with Crippen molar-refractivity contribution in [1.29, 1.82) is 0 Å². The zero-order valence-electron chi connectivity index (χ0n) is 7.87. The van der Waals surface area contributed by atoms with Crippen LogP contribution in [0.3, 0.4) is 0 Å². The Labute approximate surface area is 81.1 Å². The summed E-state index contributed by atoms with van der Waals surface area (Å²) in [5.74, 6) is -1.86. The molecular weight excluding hydrogens is 184 g/mol. The molecule has 0 N–H and O–H groups in total. The number of ether oxygens (including phenoxy) is 1. The van der Waals surface area contributed by atoms with Gasteiger partial charge in [0.15, 0.2) is 0 Å². The van der Waals surface area contributed by atoms with Crippen LogP contribution in [0.15, 0.2) is 18.2 Å². The molecule has 0 saturated carbocycles. The first-order valence-electron chi connectivity index (χ1n) is 3.96. The molecule has 0 spiro atoms. The van der Waals surface area contributed by atoms with Crippen LogP contribution in [-0.4, -0.2) is 19.0 Å². The molecule has 0 aliphatic heterocycles. The van der Waals surface area contributed by atoms with Gasteiger partial charge in [0.05, 0.1) is 18.6 Å². The summed E-state index contributed by atoms with van der Waals surface area (Å²) in [7, 11) is 1.24. The highest BCUT2D eigenvalue weighted by Gasteiger charge is 2.09. The van der Waals surface area contributed by atoms with Crippen molar-refractivity contribution in [3.05, 3.63) is 34.9 Å². The number of hydrogen-bond donors (Lipinski definition) is 0. The Morgan fingerprint density at radius 1 is 1.36 bits per heavy atom. The van der Waals surface area contributed by atoms with E-state index in [1.54, 1.807) is 6.92 Å². The fourth-order valence-electron chi connectivity index (χ4n) is 1.08. The largest absolute Gasteiger partial charge is 0.545 e. The first kappa shape index (κ1) is 10.2. The third kappa shape index (κ3) is 1.90. The molecule has 0 unspecified atom stereocenters. The second-order valence-electron chi connectivity index (χ2n) is 2.81. The van der Waals surface area contributed by atoms with Crippen molar-refractivity contribution in [1.82, 2.24) is 0 Å². The summed E-state index contributed by atoms with van der Waals surface area (Å²) in [5, 5.41) is 10.5. The SMILES string of the molecule is COC(=O)c1cc(C(=O)[O-])ccc1C. The molecule has 0 fully saturated rings. The summed E-state index contributed by atoms with van der Waals surface area (Å²) in [6.45, 7) is 1.70. The number of methoxy groups -OCH3 is 1. The minimum atomic E-state index is -1.31. The van der Waals surface area contributed by atoms with Crippen LogP contribution < -0.4 is 5.11 Å². The summed E-state index contributed by atoms with van der Waals surface area (Å²) < 4.78 is 4.50. The second kappa shape index (κ2) is 3.91. The van der Waals surface area contributed by atoms with Gasteiger partial charge in [0.25, 0.3) is 0 Å². The van der Waals surface area contributed by atoms with Gasteiger partial charge in [0, 0.05) is 0 Å². The highest BCUT2D eigenvalue weighted by molar-refractivity contribution is 5.95. The lowest BCUT2D eigenvalue weighted by molar-refractivity contribution is -0.255. The number of rotatable bonds is 2.